The summed E-state index contributed by atoms with van der Waals surface area (Å²) in [5.41, 5.74) is 2.32. The van der Waals surface area contributed by atoms with Gasteiger partial charge in [0.25, 0.3) is 0 Å². The lowest BCUT2D eigenvalue weighted by molar-refractivity contribution is -0.123. The average Bonchev–Trinajstić information content (AvgIpc) is 2.47. The highest BCUT2D eigenvalue weighted by Gasteiger charge is 2.27. The summed E-state index contributed by atoms with van der Waals surface area (Å²) in [7, 11) is 1.92. The molecule has 1 aliphatic rings. The molecule has 1 aromatic carbocycles. The summed E-state index contributed by atoms with van der Waals surface area (Å²) < 4.78 is 0. The average molecular weight is 290 g/mol. The van der Waals surface area contributed by atoms with Crippen molar-refractivity contribution in [2.75, 3.05) is 13.6 Å². The zero-order valence-electron chi connectivity index (χ0n) is 13.0. The SMILES string of the molecule is Cc1ccc(CNC(=O)CN(C)C2CCCCC2O)cc1. The second kappa shape index (κ2) is 7.57. The molecular formula is C17H26N2O2. The Kier molecular flexibility index (Phi) is 5.76. The van der Waals surface area contributed by atoms with Crippen molar-refractivity contribution in [3.63, 3.8) is 0 Å². The molecule has 0 radical (unpaired) electrons. The molecule has 2 atom stereocenters. The van der Waals surface area contributed by atoms with Crippen LogP contribution in [0, 0.1) is 6.92 Å². The lowest BCUT2D eigenvalue weighted by Gasteiger charge is -2.34. The van der Waals surface area contributed by atoms with Crippen LogP contribution in [0.4, 0.5) is 0 Å². The predicted molar refractivity (Wildman–Crippen MR) is 83.9 cm³/mol. The number of aliphatic hydroxyl groups is 1. The van der Waals surface area contributed by atoms with Crippen molar-refractivity contribution >= 4 is 5.91 Å². The van der Waals surface area contributed by atoms with E-state index in [9.17, 15) is 9.90 Å². The molecule has 4 heteroatoms. The summed E-state index contributed by atoms with van der Waals surface area (Å²) in [5, 5.41) is 13.0. The maximum Gasteiger partial charge on any atom is 0.234 e. The van der Waals surface area contributed by atoms with Gasteiger partial charge in [-0.2, -0.15) is 0 Å². The quantitative estimate of drug-likeness (QED) is 0.870. The normalized spacial score (nSPS) is 22.3. The van der Waals surface area contributed by atoms with Crippen LogP contribution in [0.2, 0.25) is 0 Å². The van der Waals surface area contributed by atoms with E-state index < -0.39 is 0 Å². The molecule has 0 aliphatic heterocycles. The van der Waals surface area contributed by atoms with Gasteiger partial charge in [0.2, 0.25) is 5.91 Å². The molecule has 116 valence electrons. The van der Waals surface area contributed by atoms with Gasteiger partial charge in [0.15, 0.2) is 0 Å². The Bertz CT molecular complexity index is 458. The molecule has 0 bridgehead atoms. The van der Waals surface area contributed by atoms with Gasteiger partial charge in [-0.3, -0.25) is 9.69 Å². The van der Waals surface area contributed by atoms with Gasteiger partial charge in [-0.15, -0.1) is 0 Å². The summed E-state index contributed by atoms with van der Waals surface area (Å²) in [5.74, 6) is 0.0100. The molecule has 4 nitrogen and oxygen atoms in total. The molecule has 1 saturated carbocycles. The summed E-state index contributed by atoms with van der Waals surface area (Å²) in [6.45, 7) is 2.95. The lowest BCUT2D eigenvalue weighted by atomic mass is 9.91. The van der Waals surface area contributed by atoms with E-state index >= 15 is 0 Å². The number of likely N-dealkylation sites (N-methyl/N-ethyl adjacent to an activating group) is 1. The van der Waals surface area contributed by atoms with E-state index in [1.165, 1.54) is 5.56 Å². The third kappa shape index (κ3) is 4.83. The van der Waals surface area contributed by atoms with Gasteiger partial charge in [0.1, 0.15) is 0 Å². The van der Waals surface area contributed by atoms with E-state index in [-0.39, 0.29) is 18.1 Å². The molecule has 2 N–H and O–H groups in total. The van der Waals surface area contributed by atoms with E-state index in [0.717, 1.165) is 31.2 Å². The molecule has 2 unspecified atom stereocenters. The Labute approximate surface area is 127 Å². The maximum atomic E-state index is 12.0. The van der Waals surface area contributed by atoms with Crippen molar-refractivity contribution in [2.45, 2.75) is 51.3 Å². The fourth-order valence-corrected chi connectivity index (χ4v) is 2.91. The number of aryl methyl sites for hydroxylation is 1. The lowest BCUT2D eigenvalue weighted by Crippen LogP contribution is -2.47. The van der Waals surface area contributed by atoms with Crippen molar-refractivity contribution in [1.82, 2.24) is 10.2 Å². The summed E-state index contributed by atoms with van der Waals surface area (Å²) >= 11 is 0. The van der Waals surface area contributed by atoms with Crippen molar-refractivity contribution in [1.29, 1.82) is 0 Å². The number of nitrogens with zero attached hydrogens (tertiary/aromatic N) is 1. The van der Waals surface area contributed by atoms with Crippen LogP contribution in [0.15, 0.2) is 24.3 Å². The summed E-state index contributed by atoms with van der Waals surface area (Å²) in [4.78, 5) is 14.0. The van der Waals surface area contributed by atoms with Gasteiger partial charge in [0.05, 0.1) is 12.6 Å². The number of carbonyl (C=O) groups excluding carboxylic acids is 1. The number of hydrogen-bond acceptors (Lipinski definition) is 3. The van der Waals surface area contributed by atoms with Crippen molar-refractivity contribution in [2.24, 2.45) is 0 Å². The number of benzene rings is 1. The first-order valence-corrected chi connectivity index (χ1v) is 7.77. The summed E-state index contributed by atoms with van der Waals surface area (Å²) in [6.07, 6.45) is 3.75. The molecule has 1 fully saturated rings. The van der Waals surface area contributed by atoms with Crippen molar-refractivity contribution in [3.8, 4) is 0 Å². The Morgan fingerprint density at radius 2 is 1.95 bits per heavy atom. The number of aliphatic hydroxyl groups excluding tert-OH is 1. The molecule has 1 aromatic rings. The van der Waals surface area contributed by atoms with Crippen LogP contribution >= 0.6 is 0 Å². The van der Waals surface area contributed by atoms with Crippen LogP contribution in [0.1, 0.15) is 36.8 Å². The predicted octanol–water partition coefficient (Wildman–Crippen LogP) is 1.85. The number of amides is 1. The molecule has 0 aromatic heterocycles. The maximum absolute atomic E-state index is 12.0. The third-order valence-corrected chi connectivity index (χ3v) is 4.26. The van der Waals surface area contributed by atoms with Gasteiger partial charge >= 0.3 is 0 Å². The Morgan fingerprint density at radius 1 is 1.29 bits per heavy atom. The van der Waals surface area contributed by atoms with Gasteiger partial charge in [-0.05, 0) is 32.4 Å². The number of rotatable bonds is 5. The van der Waals surface area contributed by atoms with Gasteiger partial charge < -0.3 is 10.4 Å². The molecule has 2 rings (SSSR count). The Balaban J connectivity index is 1.77. The Hall–Kier alpha value is -1.39. The van der Waals surface area contributed by atoms with Crippen LogP contribution in [0.5, 0.6) is 0 Å². The first-order chi connectivity index (χ1) is 10.1. The zero-order chi connectivity index (χ0) is 15.2. The second-order valence-corrected chi connectivity index (χ2v) is 6.10. The second-order valence-electron chi connectivity index (χ2n) is 6.10. The van der Waals surface area contributed by atoms with Crippen LogP contribution in [0.3, 0.4) is 0 Å². The minimum atomic E-state index is -0.298. The topological polar surface area (TPSA) is 52.6 Å². The van der Waals surface area contributed by atoms with Crippen LogP contribution < -0.4 is 5.32 Å². The molecule has 0 saturated heterocycles. The summed E-state index contributed by atoms with van der Waals surface area (Å²) in [6, 6.07) is 8.27. The highest BCUT2D eigenvalue weighted by atomic mass is 16.3. The van der Waals surface area contributed by atoms with Gasteiger partial charge in [-0.1, -0.05) is 42.7 Å². The smallest absolute Gasteiger partial charge is 0.234 e. The van der Waals surface area contributed by atoms with Crippen LogP contribution in [0.25, 0.3) is 0 Å². The van der Waals surface area contributed by atoms with Gasteiger partial charge in [0, 0.05) is 12.6 Å². The first-order valence-electron chi connectivity index (χ1n) is 7.77. The minimum absolute atomic E-state index is 0.0100. The molecule has 21 heavy (non-hydrogen) atoms. The first kappa shape index (κ1) is 16.0. The van der Waals surface area contributed by atoms with Crippen molar-refractivity contribution in [3.05, 3.63) is 35.4 Å². The molecular weight excluding hydrogens is 264 g/mol. The van der Waals surface area contributed by atoms with Crippen molar-refractivity contribution < 1.29 is 9.90 Å². The van der Waals surface area contributed by atoms with Crippen LogP contribution in [-0.4, -0.2) is 41.7 Å². The fourth-order valence-electron chi connectivity index (χ4n) is 2.91. The zero-order valence-corrected chi connectivity index (χ0v) is 13.0. The van der Waals surface area contributed by atoms with E-state index in [4.69, 9.17) is 0 Å². The highest BCUT2D eigenvalue weighted by molar-refractivity contribution is 5.78. The molecule has 1 amide bonds. The monoisotopic (exact) mass is 290 g/mol. The van der Waals surface area contributed by atoms with E-state index in [1.54, 1.807) is 0 Å². The fraction of sp³-hybridized carbons (Fsp3) is 0.588. The number of nitrogens with one attached hydrogen (secondary N) is 1. The van der Waals surface area contributed by atoms with Gasteiger partial charge in [-0.25, -0.2) is 0 Å². The number of carbonyl (C=O) groups is 1. The van der Waals surface area contributed by atoms with E-state index in [0.29, 0.717) is 13.1 Å². The standard InChI is InChI=1S/C17H26N2O2/c1-13-7-9-14(10-8-13)11-18-17(21)12-19(2)15-5-3-4-6-16(15)20/h7-10,15-16,20H,3-6,11-12H2,1-2H3,(H,18,21). The highest BCUT2D eigenvalue weighted by Crippen LogP contribution is 2.22. The van der Waals surface area contributed by atoms with E-state index in [2.05, 4.69) is 5.32 Å². The largest absolute Gasteiger partial charge is 0.391 e. The minimum Gasteiger partial charge on any atom is -0.391 e. The Morgan fingerprint density at radius 3 is 2.62 bits per heavy atom. The molecule has 0 spiro atoms. The molecule has 1 aliphatic carbocycles. The third-order valence-electron chi connectivity index (χ3n) is 4.26. The van der Waals surface area contributed by atoms with E-state index in [1.807, 2.05) is 43.1 Å². The number of hydrogen-bond donors (Lipinski definition) is 2. The molecule has 0 heterocycles. The van der Waals surface area contributed by atoms with Crippen LogP contribution in [-0.2, 0) is 11.3 Å².